The van der Waals surface area contributed by atoms with E-state index in [1.54, 1.807) is 25.1 Å². The molecule has 19 heavy (non-hydrogen) atoms. The smallest absolute Gasteiger partial charge is 0.340 e. The Morgan fingerprint density at radius 3 is 2.63 bits per heavy atom. The van der Waals surface area contributed by atoms with Gasteiger partial charge >= 0.3 is 5.97 Å². The quantitative estimate of drug-likeness (QED) is 0.847. The number of nitrogens with one attached hydrogen (secondary N) is 1. The van der Waals surface area contributed by atoms with E-state index in [2.05, 4.69) is 5.32 Å². The molecule has 0 amide bonds. The van der Waals surface area contributed by atoms with Crippen molar-refractivity contribution in [3.63, 3.8) is 0 Å². The van der Waals surface area contributed by atoms with Crippen LogP contribution in [0.3, 0.4) is 0 Å². The van der Waals surface area contributed by atoms with E-state index < -0.39 is 0 Å². The molecule has 2 aromatic rings. The van der Waals surface area contributed by atoms with E-state index in [0.29, 0.717) is 22.9 Å². The fraction of sp³-hybridized carbons (Fsp3) is 0.133. The van der Waals surface area contributed by atoms with Gasteiger partial charge in [0, 0.05) is 10.7 Å². The zero-order chi connectivity index (χ0) is 13.7. The molecule has 0 radical (unpaired) electrons. The van der Waals surface area contributed by atoms with E-state index in [0.717, 1.165) is 5.69 Å². The lowest BCUT2D eigenvalue weighted by Gasteiger charge is -2.11. The average Bonchev–Trinajstić information content (AvgIpc) is 2.42. The monoisotopic (exact) mass is 275 g/mol. The summed E-state index contributed by atoms with van der Waals surface area (Å²) in [6, 6.07) is 14.7. The van der Waals surface area contributed by atoms with E-state index in [9.17, 15) is 4.79 Å². The number of hydrogen-bond acceptors (Lipinski definition) is 3. The standard InChI is InChI=1S/C15H14ClNO2/c1-2-19-15(18)13-10-11(16)8-9-14(13)17-12-6-4-3-5-7-12/h3-10,17H,2H2,1H3. The molecule has 0 unspecified atom stereocenters. The van der Waals surface area contributed by atoms with Crippen LogP contribution in [0.5, 0.6) is 0 Å². The minimum Gasteiger partial charge on any atom is -0.462 e. The van der Waals surface area contributed by atoms with Gasteiger partial charge in [-0.3, -0.25) is 0 Å². The minimum absolute atomic E-state index is 0.329. The Morgan fingerprint density at radius 2 is 1.95 bits per heavy atom. The maximum atomic E-state index is 11.9. The van der Waals surface area contributed by atoms with Crippen LogP contribution in [0.15, 0.2) is 48.5 Å². The average molecular weight is 276 g/mol. The number of rotatable bonds is 4. The molecule has 0 saturated heterocycles. The zero-order valence-electron chi connectivity index (χ0n) is 10.5. The number of anilines is 2. The zero-order valence-corrected chi connectivity index (χ0v) is 11.3. The predicted molar refractivity (Wildman–Crippen MR) is 77.1 cm³/mol. The van der Waals surface area contributed by atoms with Gasteiger partial charge in [-0.25, -0.2) is 4.79 Å². The number of esters is 1. The first-order valence-electron chi connectivity index (χ1n) is 5.99. The van der Waals surface area contributed by atoms with Crippen molar-refractivity contribution in [2.45, 2.75) is 6.92 Å². The summed E-state index contributed by atoms with van der Waals surface area (Å²) in [5, 5.41) is 3.68. The molecule has 0 spiro atoms. The van der Waals surface area contributed by atoms with Gasteiger partial charge in [0.25, 0.3) is 0 Å². The Bertz CT molecular complexity index is 570. The molecule has 0 bridgehead atoms. The normalized spacial score (nSPS) is 10.0. The van der Waals surface area contributed by atoms with E-state index in [4.69, 9.17) is 16.3 Å². The van der Waals surface area contributed by atoms with Gasteiger partial charge in [-0.2, -0.15) is 0 Å². The second-order valence-electron chi connectivity index (χ2n) is 3.90. The highest BCUT2D eigenvalue weighted by Crippen LogP contribution is 2.25. The van der Waals surface area contributed by atoms with Crippen LogP contribution in [-0.2, 0) is 4.74 Å². The molecule has 0 saturated carbocycles. The van der Waals surface area contributed by atoms with Crippen molar-refractivity contribution in [3.8, 4) is 0 Å². The van der Waals surface area contributed by atoms with Gasteiger partial charge in [0.2, 0.25) is 0 Å². The largest absolute Gasteiger partial charge is 0.462 e. The molecule has 1 N–H and O–H groups in total. The van der Waals surface area contributed by atoms with Gasteiger partial charge in [0.05, 0.1) is 17.9 Å². The predicted octanol–water partition coefficient (Wildman–Crippen LogP) is 4.26. The van der Waals surface area contributed by atoms with Crippen molar-refractivity contribution in [2.24, 2.45) is 0 Å². The Balaban J connectivity index is 2.32. The first-order chi connectivity index (χ1) is 9.20. The van der Waals surface area contributed by atoms with Crippen LogP contribution >= 0.6 is 11.6 Å². The molecule has 0 aliphatic rings. The molecule has 4 heteroatoms. The van der Waals surface area contributed by atoms with E-state index in [1.807, 2.05) is 30.3 Å². The van der Waals surface area contributed by atoms with Crippen molar-refractivity contribution >= 4 is 28.9 Å². The topological polar surface area (TPSA) is 38.3 Å². The Kier molecular flexibility index (Phi) is 4.42. The Hall–Kier alpha value is -2.00. The SMILES string of the molecule is CCOC(=O)c1cc(Cl)ccc1Nc1ccccc1. The van der Waals surface area contributed by atoms with E-state index in [-0.39, 0.29) is 5.97 Å². The molecule has 0 fully saturated rings. The molecular formula is C15H14ClNO2. The number of carbonyl (C=O) groups is 1. The van der Waals surface area contributed by atoms with Gasteiger partial charge in [0.1, 0.15) is 0 Å². The van der Waals surface area contributed by atoms with Crippen LogP contribution in [0.4, 0.5) is 11.4 Å². The number of hydrogen-bond donors (Lipinski definition) is 1. The Labute approximate surface area is 117 Å². The molecule has 2 rings (SSSR count). The molecule has 0 aliphatic heterocycles. The number of halogens is 1. The highest BCUT2D eigenvalue weighted by molar-refractivity contribution is 6.31. The van der Waals surface area contributed by atoms with Crippen molar-refractivity contribution in [2.75, 3.05) is 11.9 Å². The summed E-state index contributed by atoms with van der Waals surface area (Å²) in [5.41, 5.74) is 2.00. The molecule has 0 aromatic heterocycles. The fourth-order valence-corrected chi connectivity index (χ4v) is 1.85. The van der Waals surface area contributed by atoms with E-state index in [1.165, 1.54) is 0 Å². The highest BCUT2D eigenvalue weighted by atomic mass is 35.5. The summed E-state index contributed by atoms with van der Waals surface area (Å²) in [5.74, 6) is -0.386. The maximum absolute atomic E-state index is 11.9. The van der Waals surface area contributed by atoms with Gasteiger partial charge < -0.3 is 10.1 Å². The molecule has 3 nitrogen and oxygen atoms in total. The lowest BCUT2D eigenvalue weighted by molar-refractivity contribution is 0.0527. The van der Waals surface area contributed by atoms with Crippen molar-refractivity contribution in [3.05, 3.63) is 59.1 Å². The number of para-hydroxylation sites is 1. The summed E-state index contributed by atoms with van der Waals surface area (Å²) in [4.78, 5) is 11.9. The number of ether oxygens (including phenoxy) is 1. The van der Waals surface area contributed by atoms with Gasteiger partial charge in [-0.15, -0.1) is 0 Å². The van der Waals surface area contributed by atoms with Crippen LogP contribution in [0.1, 0.15) is 17.3 Å². The highest BCUT2D eigenvalue weighted by Gasteiger charge is 2.13. The van der Waals surface area contributed by atoms with Crippen molar-refractivity contribution in [1.29, 1.82) is 0 Å². The van der Waals surface area contributed by atoms with Crippen molar-refractivity contribution < 1.29 is 9.53 Å². The van der Waals surface area contributed by atoms with Crippen LogP contribution in [0.2, 0.25) is 5.02 Å². The lowest BCUT2D eigenvalue weighted by Crippen LogP contribution is -2.08. The van der Waals surface area contributed by atoms with Crippen LogP contribution < -0.4 is 5.32 Å². The summed E-state index contributed by atoms with van der Waals surface area (Å²) in [6.07, 6.45) is 0. The van der Waals surface area contributed by atoms with Gasteiger partial charge in [-0.05, 0) is 37.3 Å². The van der Waals surface area contributed by atoms with E-state index >= 15 is 0 Å². The molecule has 2 aromatic carbocycles. The number of carbonyl (C=O) groups excluding carboxylic acids is 1. The van der Waals surface area contributed by atoms with Gasteiger partial charge in [0.15, 0.2) is 0 Å². The third kappa shape index (κ3) is 3.48. The maximum Gasteiger partial charge on any atom is 0.340 e. The third-order valence-corrected chi connectivity index (χ3v) is 2.76. The molecule has 0 heterocycles. The lowest BCUT2D eigenvalue weighted by atomic mass is 10.1. The summed E-state index contributed by atoms with van der Waals surface area (Å²) < 4.78 is 5.02. The number of benzene rings is 2. The van der Waals surface area contributed by atoms with Crippen LogP contribution in [0, 0.1) is 0 Å². The fourth-order valence-electron chi connectivity index (χ4n) is 1.68. The molecule has 98 valence electrons. The van der Waals surface area contributed by atoms with Crippen molar-refractivity contribution in [1.82, 2.24) is 0 Å². The van der Waals surface area contributed by atoms with Gasteiger partial charge in [-0.1, -0.05) is 29.8 Å². The van der Waals surface area contributed by atoms with Crippen LogP contribution in [0.25, 0.3) is 0 Å². The van der Waals surface area contributed by atoms with Crippen LogP contribution in [-0.4, -0.2) is 12.6 Å². The summed E-state index contributed by atoms with van der Waals surface area (Å²) in [7, 11) is 0. The first kappa shape index (κ1) is 13.4. The molecule has 0 atom stereocenters. The summed E-state index contributed by atoms with van der Waals surface area (Å²) >= 11 is 5.93. The minimum atomic E-state index is -0.386. The second-order valence-corrected chi connectivity index (χ2v) is 4.34. The Morgan fingerprint density at radius 1 is 1.21 bits per heavy atom. The second kappa shape index (κ2) is 6.25. The molecule has 0 aliphatic carbocycles. The first-order valence-corrected chi connectivity index (χ1v) is 6.37. The third-order valence-electron chi connectivity index (χ3n) is 2.53. The molecular weight excluding hydrogens is 262 g/mol. The summed E-state index contributed by atoms with van der Waals surface area (Å²) in [6.45, 7) is 2.10.